The molecular formula is C17H9BrClNO. The molecule has 4 heteroatoms. The molecule has 0 radical (unpaired) electrons. The minimum atomic E-state index is 0.343. The van der Waals surface area contributed by atoms with E-state index in [0.717, 1.165) is 15.2 Å². The first kappa shape index (κ1) is 13.9. The molecule has 3 aromatic rings. The normalized spacial score (nSPS) is 10.3. The maximum absolute atomic E-state index is 9.16. The van der Waals surface area contributed by atoms with E-state index in [2.05, 4.69) is 22.0 Å². The molecule has 0 amide bonds. The number of ether oxygens (including phenoxy) is 1. The Kier molecular flexibility index (Phi) is 3.83. The number of hydrogen-bond acceptors (Lipinski definition) is 2. The Bertz CT molecular complexity index is 870. The van der Waals surface area contributed by atoms with E-state index < -0.39 is 0 Å². The Balaban J connectivity index is 2.01. The lowest BCUT2D eigenvalue weighted by Gasteiger charge is -2.09. The average molecular weight is 359 g/mol. The van der Waals surface area contributed by atoms with Gasteiger partial charge < -0.3 is 4.74 Å². The number of benzene rings is 3. The van der Waals surface area contributed by atoms with Crippen LogP contribution in [0.4, 0.5) is 0 Å². The standard InChI is InChI=1S/C17H9BrClNO/c18-13-6-4-12-9-14(7-5-11(12)8-13)21-17-3-1-2-16(19)15(17)10-20/h1-9H. The van der Waals surface area contributed by atoms with Crippen molar-refractivity contribution in [2.75, 3.05) is 0 Å². The molecule has 0 aliphatic rings. The van der Waals surface area contributed by atoms with Gasteiger partial charge in [0, 0.05) is 4.47 Å². The number of halogens is 2. The summed E-state index contributed by atoms with van der Waals surface area (Å²) in [5.74, 6) is 1.13. The van der Waals surface area contributed by atoms with Gasteiger partial charge in [0.25, 0.3) is 0 Å². The summed E-state index contributed by atoms with van der Waals surface area (Å²) in [6.45, 7) is 0. The quantitative estimate of drug-likeness (QED) is 0.569. The molecule has 0 aromatic heterocycles. The van der Waals surface area contributed by atoms with Gasteiger partial charge in [0.05, 0.1) is 5.02 Å². The van der Waals surface area contributed by atoms with E-state index in [1.54, 1.807) is 18.2 Å². The molecule has 0 heterocycles. The monoisotopic (exact) mass is 357 g/mol. The maximum atomic E-state index is 9.16. The number of nitriles is 1. The van der Waals surface area contributed by atoms with Crippen LogP contribution in [0.25, 0.3) is 10.8 Å². The lowest BCUT2D eigenvalue weighted by atomic mass is 10.1. The lowest BCUT2D eigenvalue weighted by molar-refractivity contribution is 0.482. The molecule has 0 saturated heterocycles. The van der Waals surface area contributed by atoms with Crippen LogP contribution >= 0.6 is 27.5 Å². The summed E-state index contributed by atoms with van der Waals surface area (Å²) in [4.78, 5) is 0. The summed E-state index contributed by atoms with van der Waals surface area (Å²) in [5.41, 5.74) is 0.343. The molecule has 0 aliphatic heterocycles. The third-order valence-corrected chi connectivity index (χ3v) is 3.90. The summed E-state index contributed by atoms with van der Waals surface area (Å²) in [5, 5.41) is 11.7. The first-order valence-electron chi connectivity index (χ1n) is 6.23. The predicted molar refractivity (Wildman–Crippen MR) is 87.9 cm³/mol. The van der Waals surface area contributed by atoms with Crippen LogP contribution in [0.3, 0.4) is 0 Å². The molecule has 3 rings (SSSR count). The van der Waals surface area contributed by atoms with Crippen LogP contribution in [-0.4, -0.2) is 0 Å². The van der Waals surface area contributed by atoms with Gasteiger partial charge in [-0.25, -0.2) is 0 Å². The van der Waals surface area contributed by atoms with E-state index in [9.17, 15) is 0 Å². The molecule has 0 bridgehead atoms. The van der Waals surface area contributed by atoms with Crippen molar-refractivity contribution in [2.45, 2.75) is 0 Å². The first-order valence-corrected chi connectivity index (χ1v) is 7.40. The molecule has 0 spiro atoms. The van der Waals surface area contributed by atoms with Crippen molar-refractivity contribution in [1.29, 1.82) is 5.26 Å². The molecule has 0 aliphatic carbocycles. The van der Waals surface area contributed by atoms with E-state index in [1.807, 2.05) is 36.4 Å². The van der Waals surface area contributed by atoms with Gasteiger partial charge in [-0.2, -0.15) is 5.26 Å². The second-order valence-electron chi connectivity index (χ2n) is 4.48. The Morgan fingerprint density at radius 2 is 1.76 bits per heavy atom. The highest BCUT2D eigenvalue weighted by molar-refractivity contribution is 9.10. The SMILES string of the molecule is N#Cc1c(Cl)cccc1Oc1ccc2cc(Br)ccc2c1. The van der Waals surface area contributed by atoms with Gasteiger partial charge >= 0.3 is 0 Å². The zero-order valence-corrected chi connectivity index (χ0v) is 13.1. The van der Waals surface area contributed by atoms with Gasteiger partial charge in [-0.15, -0.1) is 0 Å². The van der Waals surface area contributed by atoms with Gasteiger partial charge in [0.1, 0.15) is 23.1 Å². The molecule has 0 atom stereocenters. The van der Waals surface area contributed by atoms with Crippen LogP contribution in [0.15, 0.2) is 59.1 Å². The van der Waals surface area contributed by atoms with E-state index in [1.165, 1.54) is 0 Å². The Morgan fingerprint density at radius 1 is 1.00 bits per heavy atom. The predicted octanol–water partition coefficient (Wildman–Crippen LogP) is 5.92. The Labute approximate surface area is 135 Å². The second kappa shape index (κ2) is 5.77. The lowest BCUT2D eigenvalue weighted by Crippen LogP contribution is -1.89. The highest BCUT2D eigenvalue weighted by Crippen LogP contribution is 2.31. The van der Waals surface area contributed by atoms with Crippen molar-refractivity contribution in [1.82, 2.24) is 0 Å². The first-order chi connectivity index (χ1) is 10.2. The summed E-state index contributed by atoms with van der Waals surface area (Å²) in [6.07, 6.45) is 0. The van der Waals surface area contributed by atoms with Crippen LogP contribution in [0.2, 0.25) is 5.02 Å². The highest BCUT2D eigenvalue weighted by Gasteiger charge is 2.08. The summed E-state index contributed by atoms with van der Waals surface area (Å²) >= 11 is 9.45. The van der Waals surface area contributed by atoms with Crippen molar-refractivity contribution >= 4 is 38.3 Å². The topological polar surface area (TPSA) is 33.0 Å². The fourth-order valence-electron chi connectivity index (χ4n) is 2.08. The summed E-state index contributed by atoms with van der Waals surface area (Å²) in [6, 6.07) is 19.0. The minimum Gasteiger partial charge on any atom is -0.456 e. The number of rotatable bonds is 2. The maximum Gasteiger partial charge on any atom is 0.146 e. The third kappa shape index (κ3) is 2.87. The minimum absolute atomic E-state index is 0.343. The molecule has 0 saturated carbocycles. The van der Waals surface area contributed by atoms with Crippen molar-refractivity contribution in [3.8, 4) is 17.6 Å². The van der Waals surface area contributed by atoms with Gasteiger partial charge in [-0.1, -0.05) is 45.7 Å². The molecule has 102 valence electrons. The van der Waals surface area contributed by atoms with E-state index in [-0.39, 0.29) is 0 Å². The molecular weight excluding hydrogens is 350 g/mol. The number of nitrogens with zero attached hydrogens (tertiary/aromatic N) is 1. The van der Waals surface area contributed by atoms with Crippen LogP contribution < -0.4 is 4.74 Å². The second-order valence-corrected chi connectivity index (χ2v) is 5.80. The largest absolute Gasteiger partial charge is 0.456 e. The van der Waals surface area contributed by atoms with Crippen molar-refractivity contribution in [2.24, 2.45) is 0 Å². The molecule has 0 fully saturated rings. The zero-order valence-electron chi connectivity index (χ0n) is 10.8. The molecule has 3 aromatic carbocycles. The third-order valence-electron chi connectivity index (χ3n) is 3.09. The number of hydrogen-bond donors (Lipinski definition) is 0. The van der Waals surface area contributed by atoms with Crippen molar-refractivity contribution in [3.63, 3.8) is 0 Å². The smallest absolute Gasteiger partial charge is 0.146 e. The van der Waals surface area contributed by atoms with E-state index in [4.69, 9.17) is 21.6 Å². The summed E-state index contributed by atoms with van der Waals surface area (Å²) in [7, 11) is 0. The van der Waals surface area contributed by atoms with Crippen LogP contribution in [0, 0.1) is 11.3 Å². The fraction of sp³-hybridized carbons (Fsp3) is 0. The molecule has 0 unspecified atom stereocenters. The Morgan fingerprint density at radius 3 is 2.57 bits per heavy atom. The zero-order chi connectivity index (χ0) is 14.8. The van der Waals surface area contributed by atoms with E-state index in [0.29, 0.717) is 22.1 Å². The molecule has 0 N–H and O–H groups in total. The van der Waals surface area contributed by atoms with E-state index >= 15 is 0 Å². The average Bonchev–Trinajstić information content (AvgIpc) is 2.48. The molecule has 21 heavy (non-hydrogen) atoms. The molecule has 2 nitrogen and oxygen atoms in total. The van der Waals surface area contributed by atoms with Crippen molar-refractivity contribution in [3.05, 3.63) is 69.7 Å². The van der Waals surface area contributed by atoms with Crippen LogP contribution in [-0.2, 0) is 0 Å². The van der Waals surface area contributed by atoms with Crippen molar-refractivity contribution < 1.29 is 4.74 Å². The van der Waals surface area contributed by atoms with Crippen LogP contribution in [0.1, 0.15) is 5.56 Å². The van der Waals surface area contributed by atoms with Gasteiger partial charge in [0.15, 0.2) is 0 Å². The van der Waals surface area contributed by atoms with Gasteiger partial charge in [-0.05, 0) is 47.2 Å². The highest BCUT2D eigenvalue weighted by atomic mass is 79.9. The van der Waals surface area contributed by atoms with Crippen LogP contribution in [0.5, 0.6) is 11.5 Å². The van der Waals surface area contributed by atoms with Gasteiger partial charge in [-0.3, -0.25) is 0 Å². The number of fused-ring (bicyclic) bond motifs is 1. The fourth-order valence-corrected chi connectivity index (χ4v) is 2.67. The Hall–Kier alpha value is -2.02. The summed E-state index contributed by atoms with van der Waals surface area (Å²) < 4.78 is 6.83. The van der Waals surface area contributed by atoms with Gasteiger partial charge in [0.2, 0.25) is 0 Å².